The Morgan fingerprint density at radius 1 is 1.11 bits per heavy atom. The Balaban J connectivity index is 1.99. The second-order valence-electron chi connectivity index (χ2n) is 7.44. The molecule has 0 bridgehead atoms. The number of carbonyl (C=O) groups excluding carboxylic acids is 1. The minimum atomic E-state index is -0.0576. The third-order valence-corrected chi connectivity index (χ3v) is 5.79. The lowest BCUT2D eigenvalue weighted by Gasteiger charge is -2.30. The number of thioether (sulfide) groups is 1. The van der Waals surface area contributed by atoms with Crippen LogP contribution in [0.3, 0.4) is 0 Å². The van der Waals surface area contributed by atoms with Crippen molar-refractivity contribution in [3.8, 4) is 0 Å². The van der Waals surface area contributed by atoms with E-state index in [0.29, 0.717) is 22.6 Å². The standard InChI is InChI=1S/C22H27N3O2S/c1-6-24-21(27)18-11-16-9-7-8-10-17(16)12-19(18)23-22(24)28-13-20(26)25(14(2)3)15(4)5/h7-12,14-15H,6,13H2,1-5H3. The predicted molar refractivity (Wildman–Crippen MR) is 117 cm³/mol. The molecule has 3 rings (SSSR count). The van der Waals surface area contributed by atoms with Crippen LogP contribution in [-0.4, -0.2) is 38.2 Å². The molecule has 0 spiro atoms. The SMILES string of the molecule is CCn1c(SCC(=O)N(C(C)C)C(C)C)nc2cc3ccccc3cc2c1=O. The van der Waals surface area contributed by atoms with Gasteiger partial charge in [0.05, 0.1) is 16.7 Å². The van der Waals surface area contributed by atoms with Gasteiger partial charge in [0.25, 0.3) is 5.56 Å². The van der Waals surface area contributed by atoms with E-state index in [2.05, 4.69) is 0 Å². The number of carbonyl (C=O) groups is 1. The number of fused-ring (bicyclic) bond motifs is 2. The van der Waals surface area contributed by atoms with Crippen molar-refractivity contribution >= 4 is 39.3 Å². The van der Waals surface area contributed by atoms with Gasteiger partial charge < -0.3 is 4.90 Å². The average molecular weight is 398 g/mol. The first kappa shape index (κ1) is 20.4. The smallest absolute Gasteiger partial charge is 0.262 e. The van der Waals surface area contributed by atoms with E-state index in [9.17, 15) is 9.59 Å². The molecule has 1 amide bonds. The van der Waals surface area contributed by atoms with E-state index in [1.54, 1.807) is 4.57 Å². The maximum Gasteiger partial charge on any atom is 0.262 e. The van der Waals surface area contributed by atoms with Gasteiger partial charge in [-0.05, 0) is 57.5 Å². The number of aromatic nitrogens is 2. The number of amides is 1. The van der Waals surface area contributed by atoms with Gasteiger partial charge in [0.1, 0.15) is 0 Å². The molecule has 0 saturated heterocycles. The Hall–Kier alpha value is -2.34. The van der Waals surface area contributed by atoms with Crippen LogP contribution in [0.1, 0.15) is 34.6 Å². The van der Waals surface area contributed by atoms with Gasteiger partial charge in [0.15, 0.2) is 5.16 Å². The van der Waals surface area contributed by atoms with E-state index < -0.39 is 0 Å². The summed E-state index contributed by atoms with van der Waals surface area (Å²) in [6, 6.07) is 12.1. The summed E-state index contributed by atoms with van der Waals surface area (Å²) in [5, 5.41) is 3.28. The van der Waals surface area contributed by atoms with E-state index in [1.165, 1.54) is 11.8 Å². The van der Waals surface area contributed by atoms with Crippen molar-refractivity contribution in [1.82, 2.24) is 14.5 Å². The van der Waals surface area contributed by atoms with Crippen molar-refractivity contribution in [2.45, 2.75) is 58.4 Å². The molecule has 0 N–H and O–H groups in total. The van der Waals surface area contributed by atoms with Crippen LogP contribution in [0.25, 0.3) is 21.7 Å². The van der Waals surface area contributed by atoms with Crippen molar-refractivity contribution in [3.63, 3.8) is 0 Å². The van der Waals surface area contributed by atoms with Crippen LogP contribution >= 0.6 is 11.8 Å². The van der Waals surface area contributed by atoms with Gasteiger partial charge in [-0.1, -0.05) is 36.0 Å². The number of hydrogen-bond acceptors (Lipinski definition) is 4. The van der Waals surface area contributed by atoms with Gasteiger partial charge in [-0.15, -0.1) is 0 Å². The molecule has 3 aromatic rings. The van der Waals surface area contributed by atoms with Gasteiger partial charge >= 0.3 is 0 Å². The topological polar surface area (TPSA) is 55.2 Å². The van der Waals surface area contributed by atoms with E-state index in [1.807, 2.05) is 75.9 Å². The predicted octanol–water partition coefficient (Wildman–Crippen LogP) is 4.31. The maximum atomic E-state index is 13.0. The fraction of sp³-hybridized carbons (Fsp3) is 0.409. The molecular formula is C22H27N3O2S. The third-order valence-electron chi connectivity index (χ3n) is 4.83. The third kappa shape index (κ3) is 3.92. The lowest BCUT2D eigenvalue weighted by atomic mass is 10.1. The first-order chi connectivity index (χ1) is 13.3. The van der Waals surface area contributed by atoms with Gasteiger partial charge in [-0.25, -0.2) is 4.98 Å². The Bertz CT molecular complexity index is 1060. The van der Waals surface area contributed by atoms with E-state index >= 15 is 0 Å². The molecule has 0 atom stereocenters. The first-order valence-corrected chi connectivity index (χ1v) is 10.7. The molecule has 1 aromatic heterocycles. The monoisotopic (exact) mass is 397 g/mol. The van der Waals surface area contributed by atoms with Crippen molar-refractivity contribution in [1.29, 1.82) is 0 Å². The molecule has 0 unspecified atom stereocenters. The number of nitrogens with zero attached hydrogens (tertiary/aromatic N) is 3. The number of benzene rings is 2. The summed E-state index contributed by atoms with van der Waals surface area (Å²) in [6.45, 7) is 10.5. The van der Waals surface area contributed by atoms with E-state index in [0.717, 1.165) is 10.8 Å². The molecule has 0 radical (unpaired) electrons. The molecule has 0 saturated carbocycles. The Morgan fingerprint density at radius 2 is 1.71 bits per heavy atom. The molecule has 2 aromatic carbocycles. The fourth-order valence-electron chi connectivity index (χ4n) is 3.65. The van der Waals surface area contributed by atoms with Gasteiger partial charge in [-0.3, -0.25) is 14.2 Å². The zero-order valence-corrected chi connectivity index (χ0v) is 17.9. The molecule has 148 valence electrons. The van der Waals surface area contributed by atoms with Crippen LogP contribution in [0.15, 0.2) is 46.3 Å². The molecule has 0 fully saturated rings. The summed E-state index contributed by atoms with van der Waals surface area (Å²) in [5.74, 6) is 0.326. The quantitative estimate of drug-likeness (QED) is 0.353. The van der Waals surface area contributed by atoms with Crippen LogP contribution in [0.5, 0.6) is 0 Å². The highest BCUT2D eigenvalue weighted by Gasteiger charge is 2.21. The molecule has 5 nitrogen and oxygen atoms in total. The highest BCUT2D eigenvalue weighted by molar-refractivity contribution is 7.99. The molecule has 0 aliphatic carbocycles. The van der Waals surface area contributed by atoms with Crippen molar-refractivity contribution in [2.24, 2.45) is 0 Å². The second kappa shape index (κ2) is 8.35. The summed E-state index contributed by atoms with van der Waals surface area (Å²) < 4.78 is 1.66. The molecular weight excluding hydrogens is 370 g/mol. The molecule has 1 heterocycles. The summed E-state index contributed by atoms with van der Waals surface area (Å²) in [4.78, 5) is 32.3. The lowest BCUT2D eigenvalue weighted by Crippen LogP contribution is -2.43. The van der Waals surface area contributed by atoms with E-state index in [4.69, 9.17) is 4.98 Å². The Kier molecular flexibility index (Phi) is 6.08. The second-order valence-corrected chi connectivity index (χ2v) is 8.38. The molecule has 0 aliphatic heterocycles. The van der Waals surface area contributed by atoms with Gasteiger partial charge in [0.2, 0.25) is 5.91 Å². The minimum absolute atomic E-state index is 0.0576. The zero-order valence-electron chi connectivity index (χ0n) is 17.1. The summed E-state index contributed by atoms with van der Waals surface area (Å²) >= 11 is 1.34. The molecule has 28 heavy (non-hydrogen) atoms. The largest absolute Gasteiger partial charge is 0.337 e. The highest BCUT2D eigenvalue weighted by Crippen LogP contribution is 2.23. The normalized spacial score (nSPS) is 11.7. The van der Waals surface area contributed by atoms with Crippen molar-refractivity contribution < 1.29 is 4.79 Å². The highest BCUT2D eigenvalue weighted by atomic mass is 32.2. The fourth-order valence-corrected chi connectivity index (χ4v) is 4.58. The van der Waals surface area contributed by atoms with Crippen LogP contribution in [0.4, 0.5) is 0 Å². The van der Waals surface area contributed by atoms with Crippen LogP contribution in [-0.2, 0) is 11.3 Å². The van der Waals surface area contributed by atoms with E-state index in [-0.39, 0.29) is 29.3 Å². The Morgan fingerprint density at radius 3 is 2.29 bits per heavy atom. The number of hydrogen-bond donors (Lipinski definition) is 0. The summed E-state index contributed by atoms with van der Waals surface area (Å²) in [5.41, 5.74) is 0.616. The van der Waals surface area contributed by atoms with Crippen molar-refractivity contribution in [2.75, 3.05) is 5.75 Å². The van der Waals surface area contributed by atoms with Gasteiger partial charge in [0, 0.05) is 18.6 Å². The van der Waals surface area contributed by atoms with Crippen molar-refractivity contribution in [3.05, 3.63) is 46.8 Å². The summed E-state index contributed by atoms with van der Waals surface area (Å²) in [7, 11) is 0. The van der Waals surface area contributed by atoms with Gasteiger partial charge in [-0.2, -0.15) is 0 Å². The molecule has 0 aliphatic rings. The van der Waals surface area contributed by atoms with Crippen LogP contribution < -0.4 is 5.56 Å². The first-order valence-electron chi connectivity index (χ1n) is 9.70. The zero-order chi connectivity index (χ0) is 20.4. The molecule has 6 heteroatoms. The average Bonchev–Trinajstić information content (AvgIpc) is 2.64. The lowest BCUT2D eigenvalue weighted by molar-refractivity contribution is -0.131. The summed E-state index contributed by atoms with van der Waals surface area (Å²) in [6.07, 6.45) is 0. The maximum absolute atomic E-state index is 13.0. The number of rotatable bonds is 6. The van der Waals surface area contributed by atoms with Crippen LogP contribution in [0.2, 0.25) is 0 Å². The van der Waals surface area contributed by atoms with Crippen LogP contribution in [0, 0.1) is 0 Å². The Labute approximate surface area is 169 Å². The minimum Gasteiger partial charge on any atom is -0.337 e.